The third kappa shape index (κ3) is 1.48. The van der Waals surface area contributed by atoms with E-state index in [1.807, 2.05) is 18.2 Å². The minimum atomic E-state index is 0.172. The lowest BCUT2D eigenvalue weighted by Gasteiger charge is -2.12. The summed E-state index contributed by atoms with van der Waals surface area (Å²) < 4.78 is 0. The van der Waals surface area contributed by atoms with Crippen molar-refractivity contribution in [1.82, 2.24) is 0 Å². The first-order valence-electron chi connectivity index (χ1n) is 4.88. The summed E-state index contributed by atoms with van der Waals surface area (Å²) in [4.78, 5) is 15.7. The Kier molecular flexibility index (Phi) is 2.20. The van der Waals surface area contributed by atoms with E-state index in [-0.39, 0.29) is 5.78 Å². The molecule has 2 heteroatoms. The van der Waals surface area contributed by atoms with Crippen molar-refractivity contribution in [2.45, 2.75) is 26.2 Å². The highest BCUT2D eigenvalue weighted by atomic mass is 16.1. The molecule has 1 aromatic rings. The predicted molar refractivity (Wildman–Crippen MR) is 57.6 cm³/mol. The molecule has 1 aliphatic heterocycles. The smallest absolute Gasteiger partial charge is 0.170 e. The molecule has 0 unspecified atom stereocenters. The fourth-order valence-corrected chi connectivity index (χ4v) is 1.59. The van der Waals surface area contributed by atoms with Gasteiger partial charge in [0.05, 0.1) is 5.69 Å². The van der Waals surface area contributed by atoms with Gasteiger partial charge in [0.25, 0.3) is 0 Å². The van der Waals surface area contributed by atoms with Gasteiger partial charge in [-0.1, -0.05) is 19.9 Å². The SMILES string of the molecule is CC(C)c1ccc2c(c1)N=CCC2=O. The molecular weight excluding hydrogens is 174 g/mol. The van der Waals surface area contributed by atoms with Crippen molar-refractivity contribution in [3.63, 3.8) is 0 Å². The van der Waals surface area contributed by atoms with E-state index in [1.54, 1.807) is 6.21 Å². The minimum Gasteiger partial charge on any atom is -0.294 e. The van der Waals surface area contributed by atoms with Gasteiger partial charge in [0.1, 0.15) is 0 Å². The van der Waals surface area contributed by atoms with Crippen molar-refractivity contribution < 1.29 is 4.79 Å². The number of carbonyl (C=O) groups is 1. The number of fused-ring (bicyclic) bond motifs is 1. The Hall–Kier alpha value is -1.44. The number of nitrogens with zero attached hydrogens (tertiary/aromatic N) is 1. The van der Waals surface area contributed by atoms with Crippen LogP contribution in [0.25, 0.3) is 0 Å². The molecule has 0 N–H and O–H groups in total. The number of Topliss-reactive ketones (excluding diaryl/α,β-unsaturated/α-hetero) is 1. The molecule has 0 amide bonds. The molecule has 0 saturated carbocycles. The Morgan fingerprint density at radius 3 is 2.86 bits per heavy atom. The van der Waals surface area contributed by atoms with Gasteiger partial charge in [-0.3, -0.25) is 9.79 Å². The molecule has 0 bridgehead atoms. The topological polar surface area (TPSA) is 29.4 Å². The van der Waals surface area contributed by atoms with Crippen molar-refractivity contribution in [3.05, 3.63) is 29.3 Å². The van der Waals surface area contributed by atoms with Crippen LogP contribution in [-0.4, -0.2) is 12.0 Å². The van der Waals surface area contributed by atoms with Crippen molar-refractivity contribution in [2.24, 2.45) is 4.99 Å². The van der Waals surface area contributed by atoms with Crippen LogP contribution in [0.3, 0.4) is 0 Å². The van der Waals surface area contributed by atoms with Gasteiger partial charge in [-0.25, -0.2) is 0 Å². The molecule has 0 aromatic heterocycles. The van der Waals surface area contributed by atoms with Crippen LogP contribution in [0.15, 0.2) is 23.2 Å². The van der Waals surface area contributed by atoms with E-state index in [0.29, 0.717) is 12.3 Å². The van der Waals surface area contributed by atoms with Gasteiger partial charge in [0, 0.05) is 18.2 Å². The summed E-state index contributed by atoms with van der Waals surface area (Å²) in [6, 6.07) is 5.92. The number of benzene rings is 1. The van der Waals surface area contributed by atoms with Gasteiger partial charge in [-0.2, -0.15) is 0 Å². The summed E-state index contributed by atoms with van der Waals surface area (Å²) in [5.74, 6) is 0.651. The van der Waals surface area contributed by atoms with E-state index >= 15 is 0 Å². The van der Waals surface area contributed by atoms with Crippen LogP contribution >= 0.6 is 0 Å². The van der Waals surface area contributed by atoms with E-state index in [9.17, 15) is 4.79 Å². The standard InChI is InChI=1S/C12H13NO/c1-8(2)9-3-4-10-11(7-9)13-6-5-12(10)14/h3-4,6-8H,5H2,1-2H3. The molecular formula is C12H13NO. The number of hydrogen-bond acceptors (Lipinski definition) is 2. The highest BCUT2D eigenvalue weighted by molar-refractivity contribution is 6.10. The van der Waals surface area contributed by atoms with Crippen LogP contribution in [0.2, 0.25) is 0 Å². The first-order chi connectivity index (χ1) is 6.68. The summed E-state index contributed by atoms with van der Waals surface area (Å²) in [5, 5.41) is 0. The first-order valence-corrected chi connectivity index (χ1v) is 4.88. The molecule has 0 fully saturated rings. The molecule has 2 rings (SSSR count). The molecule has 1 aromatic carbocycles. The van der Waals surface area contributed by atoms with Crippen molar-refractivity contribution in [3.8, 4) is 0 Å². The van der Waals surface area contributed by atoms with Crippen molar-refractivity contribution >= 4 is 17.7 Å². The Bertz CT molecular complexity index is 405. The van der Waals surface area contributed by atoms with Gasteiger partial charge in [-0.15, -0.1) is 0 Å². The Morgan fingerprint density at radius 2 is 2.14 bits per heavy atom. The number of ketones is 1. The lowest BCUT2D eigenvalue weighted by atomic mass is 9.97. The average Bonchev–Trinajstić information content (AvgIpc) is 2.17. The summed E-state index contributed by atoms with van der Waals surface area (Å²) in [5.41, 5.74) is 2.82. The lowest BCUT2D eigenvalue weighted by Crippen LogP contribution is -2.05. The zero-order chi connectivity index (χ0) is 10.1. The third-order valence-electron chi connectivity index (χ3n) is 2.50. The summed E-state index contributed by atoms with van der Waals surface area (Å²) in [6.07, 6.45) is 2.13. The van der Waals surface area contributed by atoms with E-state index < -0.39 is 0 Å². The van der Waals surface area contributed by atoms with Crippen LogP contribution < -0.4 is 0 Å². The Balaban J connectivity index is 2.51. The molecule has 1 aliphatic rings. The predicted octanol–water partition coefficient (Wildman–Crippen LogP) is 3.10. The van der Waals surface area contributed by atoms with Gasteiger partial charge in [0.15, 0.2) is 5.78 Å². The zero-order valence-electron chi connectivity index (χ0n) is 8.45. The molecule has 0 saturated heterocycles. The van der Waals surface area contributed by atoms with Gasteiger partial charge in [0.2, 0.25) is 0 Å². The number of carbonyl (C=O) groups excluding carboxylic acids is 1. The summed E-state index contributed by atoms with van der Waals surface area (Å²) in [6.45, 7) is 4.27. The fraction of sp³-hybridized carbons (Fsp3) is 0.333. The van der Waals surface area contributed by atoms with Crippen LogP contribution in [0.4, 0.5) is 5.69 Å². The van der Waals surface area contributed by atoms with Gasteiger partial charge in [-0.05, 0) is 23.6 Å². The highest BCUT2D eigenvalue weighted by Gasteiger charge is 2.14. The molecule has 72 valence electrons. The molecule has 0 spiro atoms. The van der Waals surface area contributed by atoms with E-state index in [4.69, 9.17) is 0 Å². The molecule has 0 aliphatic carbocycles. The first kappa shape index (κ1) is 9.13. The Morgan fingerprint density at radius 1 is 1.36 bits per heavy atom. The third-order valence-corrected chi connectivity index (χ3v) is 2.50. The fourth-order valence-electron chi connectivity index (χ4n) is 1.59. The highest BCUT2D eigenvalue weighted by Crippen LogP contribution is 2.27. The average molecular weight is 187 g/mol. The van der Waals surface area contributed by atoms with Gasteiger partial charge >= 0.3 is 0 Å². The van der Waals surface area contributed by atoms with Crippen LogP contribution in [-0.2, 0) is 0 Å². The van der Waals surface area contributed by atoms with E-state index in [1.165, 1.54) is 5.56 Å². The molecule has 0 atom stereocenters. The Labute approximate surface area is 83.7 Å². The second-order valence-electron chi connectivity index (χ2n) is 3.87. The molecule has 14 heavy (non-hydrogen) atoms. The maximum atomic E-state index is 11.5. The van der Waals surface area contributed by atoms with Crippen LogP contribution in [0.5, 0.6) is 0 Å². The minimum absolute atomic E-state index is 0.172. The second kappa shape index (κ2) is 3.37. The molecule has 0 radical (unpaired) electrons. The number of rotatable bonds is 1. The van der Waals surface area contributed by atoms with Crippen molar-refractivity contribution in [1.29, 1.82) is 0 Å². The van der Waals surface area contributed by atoms with Crippen molar-refractivity contribution in [2.75, 3.05) is 0 Å². The number of aliphatic imine (C=N–C) groups is 1. The monoisotopic (exact) mass is 187 g/mol. The van der Waals surface area contributed by atoms with Crippen LogP contribution in [0, 0.1) is 0 Å². The zero-order valence-corrected chi connectivity index (χ0v) is 8.45. The normalized spacial score (nSPS) is 14.6. The molecule has 1 heterocycles. The maximum Gasteiger partial charge on any atom is 0.170 e. The van der Waals surface area contributed by atoms with E-state index in [2.05, 4.69) is 18.8 Å². The quantitative estimate of drug-likeness (QED) is 0.664. The van der Waals surface area contributed by atoms with E-state index in [0.717, 1.165) is 11.3 Å². The maximum absolute atomic E-state index is 11.5. The lowest BCUT2D eigenvalue weighted by molar-refractivity contribution is 0.100. The molecule has 2 nitrogen and oxygen atoms in total. The largest absolute Gasteiger partial charge is 0.294 e. The van der Waals surface area contributed by atoms with Crippen LogP contribution in [0.1, 0.15) is 42.1 Å². The summed E-state index contributed by atoms with van der Waals surface area (Å²) in [7, 11) is 0. The summed E-state index contributed by atoms with van der Waals surface area (Å²) >= 11 is 0. The number of hydrogen-bond donors (Lipinski definition) is 0. The van der Waals surface area contributed by atoms with Gasteiger partial charge < -0.3 is 0 Å². The second-order valence-corrected chi connectivity index (χ2v) is 3.87.